The van der Waals surface area contributed by atoms with Crippen molar-refractivity contribution in [3.05, 3.63) is 24.3 Å². The SMILES string of the molecule is CCOc1ccc(N2C(=O)C[C@H](N3CCCC[C@H]3CCO)C2=O)cc1. The normalized spacial score (nSPS) is 24.8. The fourth-order valence-corrected chi connectivity index (χ4v) is 3.90. The summed E-state index contributed by atoms with van der Waals surface area (Å²) in [6.07, 6.45) is 3.98. The van der Waals surface area contributed by atoms with E-state index >= 15 is 0 Å². The Morgan fingerprint density at radius 2 is 1.96 bits per heavy atom. The lowest BCUT2D eigenvalue weighted by molar-refractivity contribution is -0.123. The zero-order valence-electron chi connectivity index (χ0n) is 14.7. The van der Waals surface area contributed by atoms with Gasteiger partial charge in [-0.25, -0.2) is 4.90 Å². The van der Waals surface area contributed by atoms with Crippen LogP contribution in [0.15, 0.2) is 24.3 Å². The fourth-order valence-electron chi connectivity index (χ4n) is 3.90. The molecule has 0 aromatic heterocycles. The van der Waals surface area contributed by atoms with Crippen LogP contribution < -0.4 is 9.64 Å². The molecule has 2 heterocycles. The zero-order chi connectivity index (χ0) is 17.8. The van der Waals surface area contributed by atoms with Gasteiger partial charge in [0.1, 0.15) is 5.75 Å². The van der Waals surface area contributed by atoms with Crippen LogP contribution in [0.3, 0.4) is 0 Å². The second-order valence-electron chi connectivity index (χ2n) is 6.61. The molecule has 1 aromatic rings. The third kappa shape index (κ3) is 3.70. The molecule has 0 radical (unpaired) electrons. The van der Waals surface area contributed by atoms with Crippen LogP contribution in [0.1, 0.15) is 39.0 Å². The molecule has 2 atom stereocenters. The molecule has 1 aromatic carbocycles. The van der Waals surface area contributed by atoms with Crippen LogP contribution in [0.2, 0.25) is 0 Å². The number of aliphatic hydroxyl groups is 1. The molecule has 2 amide bonds. The second kappa shape index (κ2) is 7.97. The van der Waals surface area contributed by atoms with Crippen molar-refractivity contribution in [3.8, 4) is 5.75 Å². The first-order valence-electron chi connectivity index (χ1n) is 9.12. The number of hydrogen-bond donors (Lipinski definition) is 1. The fraction of sp³-hybridized carbons (Fsp3) is 0.579. The molecule has 25 heavy (non-hydrogen) atoms. The van der Waals surface area contributed by atoms with Crippen molar-refractivity contribution in [3.63, 3.8) is 0 Å². The molecule has 0 aliphatic carbocycles. The molecule has 0 saturated carbocycles. The summed E-state index contributed by atoms with van der Waals surface area (Å²) < 4.78 is 5.41. The molecule has 6 nitrogen and oxygen atoms in total. The minimum Gasteiger partial charge on any atom is -0.494 e. The van der Waals surface area contributed by atoms with Gasteiger partial charge in [-0.05, 0) is 57.0 Å². The summed E-state index contributed by atoms with van der Waals surface area (Å²) in [5.41, 5.74) is 0.594. The third-order valence-corrected chi connectivity index (χ3v) is 5.06. The number of nitrogens with zero attached hydrogens (tertiary/aromatic N) is 2. The van der Waals surface area contributed by atoms with Gasteiger partial charge in [0.25, 0.3) is 5.91 Å². The summed E-state index contributed by atoms with van der Waals surface area (Å²) in [6.45, 7) is 3.40. The number of anilines is 1. The Hall–Kier alpha value is -1.92. The van der Waals surface area contributed by atoms with E-state index in [1.807, 2.05) is 6.92 Å². The summed E-state index contributed by atoms with van der Waals surface area (Å²) >= 11 is 0. The Bertz CT molecular complexity index is 614. The topological polar surface area (TPSA) is 70.1 Å². The molecule has 2 saturated heterocycles. The van der Waals surface area contributed by atoms with Gasteiger partial charge in [0.2, 0.25) is 5.91 Å². The van der Waals surface area contributed by atoms with Crippen LogP contribution in [-0.4, -0.2) is 53.7 Å². The molecule has 0 bridgehead atoms. The van der Waals surface area contributed by atoms with Crippen molar-refractivity contribution in [2.75, 3.05) is 24.7 Å². The van der Waals surface area contributed by atoms with Crippen molar-refractivity contribution in [2.24, 2.45) is 0 Å². The van der Waals surface area contributed by atoms with E-state index in [9.17, 15) is 14.7 Å². The first-order chi connectivity index (χ1) is 12.2. The number of aliphatic hydroxyl groups excluding tert-OH is 1. The highest BCUT2D eigenvalue weighted by Gasteiger charge is 2.44. The molecular weight excluding hydrogens is 320 g/mol. The Labute approximate surface area is 148 Å². The Balaban J connectivity index is 1.77. The first-order valence-corrected chi connectivity index (χ1v) is 9.12. The molecule has 1 N–H and O–H groups in total. The largest absolute Gasteiger partial charge is 0.494 e. The minimum absolute atomic E-state index is 0.110. The number of amides is 2. The van der Waals surface area contributed by atoms with Gasteiger partial charge in [-0.15, -0.1) is 0 Å². The van der Waals surface area contributed by atoms with Gasteiger partial charge < -0.3 is 9.84 Å². The number of benzene rings is 1. The van der Waals surface area contributed by atoms with Gasteiger partial charge in [-0.3, -0.25) is 14.5 Å². The highest BCUT2D eigenvalue weighted by Crippen LogP contribution is 2.31. The lowest BCUT2D eigenvalue weighted by Crippen LogP contribution is -2.50. The van der Waals surface area contributed by atoms with Gasteiger partial charge >= 0.3 is 0 Å². The summed E-state index contributed by atoms with van der Waals surface area (Å²) in [5, 5.41) is 9.30. The maximum absolute atomic E-state index is 12.9. The number of carbonyl (C=O) groups is 2. The number of hydrogen-bond acceptors (Lipinski definition) is 5. The maximum Gasteiger partial charge on any atom is 0.251 e. The number of carbonyl (C=O) groups excluding carboxylic acids is 2. The van der Waals surface area contributed by atoms with Crippen molar-refractivity contribution in [2.45, 2.75) is 51.1 Å². The maximum atomic E-state index is 12.9. The predicted octanol–water partition coefficient (Wildman–Crippen LogP) is 1.95. The Morgan fingerprint density at radius 3 is 2.64 bits per heavy atom. The van der Waals surface area contributed by atoms with Crippen LogP contribution in [-0.2, 0) is 9.59 Å². The van der Waals surface area contributed by atoms with Crippen molar-refractivity contribution in [1.82, 2.24) is 4.90 Å². The highest BCUT2D eigenvalue weighted by atomic mass is 16.5. The van der Waals surface area contributed by atoms with E-state index in [2.05, 4.69) is 4.90 Å². The van der Waals surface area contributed by atoms with Crippen LogP contribution in [0.4, 0.5) is 5.69 Å². The van der Waals surface area contributed by atoms with E-state index < -0.39 is 6.04 Å². The van der Waals surface area contributed by atoms with E-state index in [0.29, 0.717) is 18.7 Å². The van der Waals surface area contributed by atoms with Crippen LogP contribution >= 0.6 is 0 Å². The number of ether oxygens (including phenoxy) is 1. The van der Waals surface area contributed by atoms with Crippen LogP contribution in [0, 0.1) is 0 Å². The lowest BCUT2D eigenvalue weighted by atomic mass is 9.97. The summed E-state index contributed by atoms with van der Waals surface area (Å²) in [4.78, 5) is 28.9. The molecular formula is C19H26N2O4. The molecule has 2 aliphatic rings. The van der Waals surface area contributed by atoms with E-state index in [0.717, 1.165) is 31.6 Å². The number of piperidine rings is 1. The Kier molecular flexibility index (Phi) is 5.71. The number of likely N-dealkylation sites (tertiary alicyclic amines) is 1. The smallest absolute Gasteiger partial charge is 0.251 e. The molecule has 6 heteroatoms. The average Bonchev–Trinajstić information content (AvgIpc) is 2.91. The van der Waals surface area contributed by atoms with Gasteiger partial charge in [-0.2, -0.15) is 0 Å². The van der Waals surface area contributed by atoms with E-state index in [1.165, 1.54) is 4.90 Å². The van der Waals surface area contributed by atoms with E-state index in [4.69, 9.17) is 4.74 Å². The Morgan fingerprint density at radius 1 is 1.20 bits per heavy atom. The van der Waals surface area contributed by atoms with Gasteiger partial charge in [0.05, 0.1) is 24.8 Å². The van der Waals surface area contributed by atoms with E-state index in [1.54, 1.807) is 24.3 Å². The first kappa shape index (κ1) is 17.9. The summed E-state index contributed by atoms with van der Waals surface area (Å²) in [5.74, 6) is 0.410. The van der Waals surface area contributed by atoms with E-state index in [-0.39, 0.29) is 30.9 Å². The lowest BCUT2D eigenvalue weighted by Gasteiger charge is -2.38. The van der Waals surface area contributed by atoms with Crippen molar-refractivity contribution < 1.29 is 19.4 Å². The second-order valence-corrected chi connectivity index (χ2v) is 6.61. The standard InChI is InChI=1S/C19H26N2O4/c1-2-25-16-8-6-15(7-9-16)21-18(23)13-17(19(21)24)20-11-4-3-5-14(20)10-12-22/h6-9,14,17,22H,2-5,10-13H2,1H3/t14-,17-/m0/s1. The zero-order valence-corrected chi connectivity index (χ0v) is 14.7. The van der Waals surface area contributed by atoms with Gasteiger partial charge in [0, 0.05) is 12.6 Å². The molecule has 136 valence electrons. The van der Waals surface area contributed by atoms with Crippen LogP contribution in [0.5, 0.6) is 5.75 Å². The van der Waals surface area contributed by atoms with Gasteiger partial charge in [0.15, 0.2) is 0 Å². The monoisotopic (exact) mass is 346 g/mol. The summed E-state index contributed by atoms with van der Waals surface area (Å²) in [6, 6.07) is 6.84. The number of imide groups is 1. The molecule has 3 rings (SSSR count). The quantitative estimate of drug-likeness (QED) is 0.798. The molecule has 2 fully saturated rings. The van der Waals surface area contributed by atoms with Crippen LogP contribution in [0.25, 0.3) is 0 Å². The van der Waals surface area contributed by atoms with Crippen molar-refractivity contribution in [1.29, 1.82) is 0 Å². The summed E-state index contributed by atoms with van der Waals surface area (Å²) in [7, 11) is 0. The van der Waals surface area contributed by atoms with Gasteiger partial charge in [-0.1, -0.05) is 6.42 Å². The average molecular weight is 346 g/mol. The predicted molar refractivity (Wildman–Crippen MR) is 94.6 cm³/mol. The molecule has 2 aliphatic heterocycles. The minimum atomic E-state index is -0.407. The third-order valence-electron chi connectivity index (χ3n) is 5.06. The molecule has 0 unspecified atom stereocenters. The van der Waals surface area contributed by atoms with Crippen molar-refractivity contribution >= 4 is 17.5 Å². The number of rotatable bonds is 6. The molecule has 0 spiro atoms. The highest BCUT2D eigenvalue weighted by molar-refractivity contribution is 6.22.